The lowest BCUT2D eigenvalue weighted by atomic mass is 10.2. The van der Waals surface area contributed by atoms with Gasteiger partial charge in [-0.15, -0.1) is 11.3 Å². The average Bonchev–Trinajstić information content (AvgIpc) is 3.09. The summed E-state index contributed by atoms with van der Waals surface area (Å²) >= 11 is 1.25. The third-order valence-corrected chi connectivity index (χ3v) is 4.64. The van der Waals surface area contributed by atoms with E-state index in [1.54, 1.807) is 23.8 Å². The molecule has 0 spiro atoms. The number of carbonyl (C=O) groups is 2. The van der Waals surface area contributed by atoms with E-state index in [-0.39, 0.29) is 5.91 Å². The van der Waals surface area contributed by atoms with Crippen LogP contribution in [0.3, 0.4) is 0 Å². The molecule has 24 heavy (non-hydrogen) atoms. The predicted molar refractivity (Wildman–Crippen MR) is 92.3 cm³/mol. The number of nitrogens with one attached hydrogen (secondary N) is 2. The van der Waals surface area contributed by atoms with E-state index in [1.165, 1.54) is 11.3 Å². The van der Waals surface area contributed by atoms with Crippen LogP contribution in [-0.2, 0) is 11.2 Å². The Balaban J connectivity index is 1.63. The summed E-state index contributed by atoms with van der Waals surface area (Å²) in [6, 6.07) is 12.8. The molecule has 0 fully saturated rings. The summed E-state index contributed by atoms with van der Waals surface area (Å²) in [6.07, 6.45) is 2.51. The standard InChI is InChI=1S/C17H15N3O3S/c21-15(9-7-12-6-8-14(24-12)17(22)20-23)19-13-5-1-3-11-4-2-10-18-16(11)13/h1-6,8,10,23H,7,9H2,(H,19,21)(H,20,22). The molecule has 3 N–H and O–H groups in total. The van der Waals surface area contributed by atoms with Crippen LogP contribution in [0.15, 0.2) is 48.7 Å². The molecule has 1 aromatic carbocycles. The van der Waals surface area contributed by atoms with E-state index in [4.69, 9.17) is 5.21 Å². The number of anilines is 1. The smallest absolute Gasteiger partial charge is 0.284 e. The number of hydrogen-bond acceptors (Lipinski definition) is 5. The van der Waals surface area contributed by atoms with Crippen molar-refractivity contribution in [3.8, 4) is 0 Å². The van der Waals surface area contributed by atoms with Gasteiger partial charge in [0.2, 0.25) is 5.91 Å². The van der Waals surface area contributed by atoms with Crippen LogP contribution in [0.4, 0.5) is 5.69 Å². The topological polar surface area (TPSA) is 91.3 Å². The maximum atomic E-state index is 12.2. The Morgan fingerprint density at radius 2 is 1.96 bits per heavy atom. The van der Waals surface area contributed by atoms with Gasteiger partial charge in [0.15, 0.2) is 0 Å². The van der Waals surface area contributed by atoms with Crippen molar-refractivity contribution in [2.75, 3.05) is 5.32 Å². The van der Waals surface area contributed by atoms with Crippen molar-refractivity contribution in [1.82, 2.24) is 10.5 Å². The summed E-state index contributed by atoms with van der Waals surface area (Å²) in [7, 11) is 0. The van der Waals surface area contributed by atoms with Crippen molar-refractivity contribution >= 4 is 39.7 Å². The van der Waals surface area contributed by atoms with Gasteiger partial charge < -0.3 is 5.32 Å². The fourth-order valence-electron chi connectivity index (χ4n) is 2.34. The summed E-state index contributed by atoms with van der Waals surface area (Å²) in [6.45, 7) is 0. The zero-order valence-electron chi connectivity index (χ0n) is 12.7. The number of fused-ring (bicyclic) bond motifs is 1. The second-order valence-electron chi connectivity index (χ2n) is 5.14. The quantitative estimate of drug-likeness (QED) is 0.491. The van der Waals surface area contributed by atoms with Crippen LogP contribution in [0.5, 0.6) is 0 Å². The molecule has 7 heteroatoms. The van der Waals surface area contributed by atoms with Crippen molar-refractivity contribution in [2.45, 2.75) is 12.8 Å². The van der Waals surface area contributed by atoms with Crippen LogP contribution in [0, 0.1) is 0 Å². The maximum Gasteiger partial charge on any atom is 0.284 e. The fourth-order valence-corrected chi connectivity index (χ4v) is 3.24. The second kappa shape index (κ2) is 7.20. The van der Waals surface area contributed by atoms with Crippen molar-refractivity contribution in [3.05, 3.63) is 58.4 Å². The molecule has 6 nitrogen and oxygen atoms in total. The van der Waals surface area contributed by atoms with Gasteiger partial charge in [0, 0.05) is 22.9 Å². The summed E-state index contributed by atoms with van der Waals surface area (Å²) in [4.78, 5) is 29.1. The molecule has 0 unspecified atom stereocenters. The van der Waals surface area contributed by atoms with Crippen LogP contribution < -0.4 is 10.8 Å². The van der Waals surface area contributed by atoms with E-state index in [0.717, 1.165) is 15.8 Å². The number of aromatic nitrogens is 1. The molecule has 122 valence electrons. The Morgan fingerprint density at radius 3 is 2.79 bits per heavy atom. The third-order valence-electron chi connectivity index (χ3n) is 3.49. The molecular weight excluding hydrogens is 326 g/mol. The van der Waals surface area contributed by atoms with Crippen molar-refractivity contribution in [2.24, 2.45) is 0 Å². The van der Waals surface area contributed by atoms with Crippen LogP contribution in [0.2, 0.25) is 0 Å². The molecule has 0 aliphatic heterocycles. The lowest BCUT2D eigenvalue weighted by Gasteiger charge is -2.07. The normalized spacial score (nSPS) is 10.5. The number of thiophene rings is 1. The minimum absolute atomic E-state index is 0.116. The van der Waals surface area contributed by atoms with E-state index in [2.05, 4.69) is 10.3 Å². The zero-order valence-corrected chi connectivity index (χ0v) is 13.5. The summed E-state index contributed by atoms with van der Waals surface area (Å²) < 4.78 is 0. The van der Waals surface area contributed by atoms with Crippen LogP contribution in [-0.4, -0.2) is 22.0 Å². The monoisotopic (exact) mass is 341 g/mol. The first-order chi connectivity index (χ1) is 11.7. The van der Waals surface area contributed by atoms with Gasteiger partial charge >= 0.3 is 0 Å². The number of rotatable bonds is 5. The first-order valence-corrected chi connectivity index (χ1v) is 8.16. The number of para-hydroxylation sites is 1. The number of pyridine rings is 1. The number of benzene rings is 1. The zero-order chi connectivity index (χ0) is 16.9. The maximum absolute atomic E-state index is 12.2. The molecule has 0 atom stereocenters. The predicted octanol–water partition coefficient (Wildman–Crippen LogP) is 2.99. The lowest BCUT2D eigenvalue weighted by Crippen LogP contribution is -2.16. The van der Waals surface area contributed by atoms with Gasteiger partial charge in [-0.05, 0) is 30.7 Å². The number of aryl methyl sites for hydroxylation is 1. The Morgan fingerprint density at radius 1 is 1.12 bits per heavy atom. The van der Waals surface area contributed by atoms with Gasteiger partial charge in [0.25, 0.3) is 5.91 Å². The molecule has 3 rings (SSSR count). The number of hydrogen-bond donors (Lipinski definition) is 3. The number of nitrogens with zero attached hydrogens (tertiary/aromatic N) is 1. The van der Waals surface area contributed by atoms with Gasteiger partial charge in [0.1, 0.15) is 0 Å². The number of hydroxylamine groups is 1. The fraction of sp³-hybridized carbons (Fsp3) is 0.118. The van der Waals surface area contributed by atoms with Gasteiger partial charge in [-0.2, -0.15) is 0 Å². The van der Waals surface area contributed by atoms with Gasteiger partial charge in [-0.3, -0.25) is 19.8 Å². The van der Waals surface area contributed by atoms with E-state index in [0.29, 0.717) is 23.4 Å². The summed E-state index contributed by atoms with van der Waals surface area (Å²) in [5.74, 6) is -0.660. The summed E-state index contributed by atoms with van der Waals surface area (Å²) in [5, 5.41) is 12.4. The number of carbonyl (C=O) groups excluding carboxylic acids is 2. The highest BCUT2D eigenvalue weighted by Crippen LogP contribution is 2.22. The Labute approximate surface area is 142 Å². The first-order valence-electron chi connectivity index (χ1n) is 7.34. The third kappa shape index (κ3) is 3.58. The highest BCUT2D eigenvalue weighted by atomic mass is 32.1. The van der Waals surface area contributed by atoms with Crippen molar-refractivity contribution in [3.63, 3.8) is 0 Å². The molecule has 0 saturated heterocycles. The van der Waals surface area contributed by atoms with E-state index < -0.39 is 5.91 Å². The van der Waals surface area contributed by atoms with Gasteiger partial charge in [-0.25, -0.2) is 5.48 Å². The average molecular weight is 341 g/mol. The largest absolute Gasteiger partial charge is 0.324 e. The van der Waals surface area contributed by atoms with Crippen molar-refractivity contribution < 1.29 is 14.8 Å². The Hall–Kier alpha value is -2.77. The van der Waals surface area contributed by atoms with Gasteiger partial charge in [0.05, 0.1) is 16.1 Å². The molecule has 0 radical (unpaired) electrons. The molecule has 0 aliphatic rings. The Kier molecular flexibility index (Phi) is 4.83. The summed E-state index contributed by atoms with van der Waals surface area (Å²) in [5.41, 5.74) is 3.04. The van der Waals surface area contributed by atoms with Crippen LogP contribution >= 0.6 is 11.3 Å². The Bertz CT molecular complexity index is 886. The van der Waals surface area contributed by atoms with Crippen LogP contribution in [0.25, 0.3) is 10.9 Å². The van der Waals surface area contributed by atoms with E-state index in [1.807, 2.05) is 30.3 Å². The van der Waals surface area contributed by atoms with Crippen molar-refractivity contribution in [1.29, 1.82) is 0 Å². The molecule has 2 amide bonds. The molecule has 0 bridgehead atoms. The van der Waals surface area contributed by atoms with E-state index >= 15 is 0 Å². The first kappa shape index (κ1) is 16.1. The van der Waals surface area contributed by atoms with E-state index in [9.17, 15) is 9.59 Å². The second-order valence-corrected chi connectivity index (χ2v) is 6.30. The lowest BCUT2D eigenvalue weighted by molar-refractivity contribution is -0.116. The molecule has 0 aliphatic carbocycles. The SMILES string of the molecule is O=C(CCc1ccc(C(=O)NO)s1)Nc1cccc2cccnc12. The van der Waals surface area contributed by atoms with Gasteiger partial charge in [-0.1, -0.05) is 18.2 Å². The minimum Gasteiger partial charge on any atom is -0.324 e. The molecule has 2 heterocycles. The highest BCUT2D eigenvalue weighted by Gasteiger charge is 2.10. The molecular formula is C17H15N3O3S. The number of amides is 2. The molecule has 3 aromatic rings. The minimum atomic E-state index is -0.544. The molecule has 2 aromatic heterocycles. The van der Waals surface area contributed by atoms with Crippen LogP contribution in [0.1, 0.15) is 21.0 Å². The highest BCUT2D eigenvalue weighted by molar-refractivity contribution is 7.14. The molecule has 0 saturated carbocycles.